The van der Waals surface area contributed by atoms with E-state index in [4.69, 9.17) is 15.6 Å². The molecule has 0 saturated carbocycles. The minimum atomic E-state index is -0.825. The summed E-state index contributed by atoms with van der Waals surface area (Å²) in [4.78, 5) is 23.3. The van der Waals surface area contributed by atoms with Crippen molar-refractivity contribution in [2.45, 2.75) is 39.5 Å². The second-order valence-corrected chi connectivity index (χ2v) is 6.40. The molecule has 1 atom stereocenters. The first kappa shape index (κ1) is 17.9. The fraction of sp³-hybridized carbons (Fsp3) is 0.867. The zero-order valence-electron chi connectivity index (χ0n) is 13.1. The zero-order chi connectivity index (χ0) is 15.9. The predicted molar refractivity (Wildman–Crippen MR) is 79.7 cm³/mol. The Labute approximate surface area is 126 Å². The van der Waals surface area contributed by atoms with Gasteiger partial charge in [-0.05, 0) is 31.1 Å². The number of hydrogen-bond donors (Lipinski definition) is 3. The molecule has 6 heteroatoms. The van der Waals surface area contributed by atoms with Gasteiger partial charge in [0.1, 0.15) is 0 Å². The Kier molecular flexibility index (Phi) is 7.11. The van der Waals surface area contributed by atoms with Crippen LogP contribution in [0.5, 0.6) is 0 Å². The molecule has 0 aromatic rings. The molecular weight excluding hydrogens is 272 g/mol. The maximum Gasteiger partial charge on any atom is 0.303 e. The van der Waals surface area contributed by atoms with Crippen LogP contribution in [0.1, 0.15) is 39.5 Å². The number of nitrogens with one attached hydrogen (secondary N) is 1. The Morgan fingerprint density at radius 1 is 1.33 bits per heavy atom. The molecule has 1 fully saturated rings. The number of carboxylic acids is 1. The van der Waals surface area contributed by atoms with E-state index in [2.05, 4.69) is 19.2 Å². The number of amides is 1. The van der Waals surface area contributed by atoms with Crippen molar-refractivity contribution < 1.29 is 19.4 Å². The maximum atomic E-state index is 12.4. The third-order valence-electron chi connectivity index (χ3n) is 4.14. The normalized spacial score (nSPS) is 19.2. The molecule has 1 heterocycles. The fourth-order valence-electron chi connectivity index (χ4n) is 2.86. The van der Waals surface area contributed by atoms with E-state index in [1.54, 1.807) is 0 Å². The summed E-state index contributed by atoms with van der Waals surface area (Å²) in [7, 11) is 0. The van der Waals surface area contributed by atoms with Crippen LogP contribution < -0.4 is 11.1 Å². The molecule has 21 heavy (non-hydrogen) atoms. The highest BCUT2D eigenvalue weighted by atomic mass is 16.5. The predicted octanol–water partition coefficient (Wildman–Crippen LogP) is 0.995. The quantitative estimate of drug-likeness (QED) is 0.620. The van der Waals surface area contributed by atoms with Crippen molar-refractivity contribution in [3.8, 4) is 0 Å². The molecule has 6 nitrogen and oxygen atoms in total. The number of nitrogens with two attached hydrogens (primary N) is 1. The van der Waals surface area contributed by atoms with Crippen LogP contribution >= 0.6 is 0 Å². The number of aliphatic carboxylic acids is 1. The van der Waals surface area contributed by atoms with Crippen molar-refractivity contribution in [1.29, 1.82) is 0 Å². The van der Waals surface area contributed by atoms with Gasteiger partial charge in [-0.1, -0.05) is 13.8 Å². The van der Waals surface area contributed by atoms with Crippen molar-refractivity contribution >= 4 is 11.9 Å². The first-order valence-corrected chi connectivity index (χ1v) is 7.67. The summed E-state index contributed by atoms with van der Waals surface area (Å²) in [5.74, 6) is -0.527. The summed E-state index contributed by atoms with van der Waals surface area (Å²) in [6.45, 7) is 5.90. The summed E-state index contributed by atoms with van der Waals surface area (Å²) >= 11 is 0. The molecular formula is C15H28N2O4. The Bertz CT molecular complexity index is 352. The van der Waals surface area contributed by atoms with Crippen LogP contribution in [0.15, 0.2) is 0 Å². The van der Waals surface area contributed by atoms with E-state index in [1.165, 1.54) is 0 Å². The largest absolute Gasteiger partial charge is 0.481 e. The van der Waals surface area contributed by atoms with Crippen LogP contribution in [0.2, 0.25) is 0 Å². The van der Waals surface area contributed by atoms with E-state index < -0.39 is 11.4 Å². The summed E-state index contributed by atoms with van der Waals surface area (Å²) in [5, 5.41) is 11.9. The lowest BCUT2D eigenvalue weighted by Gasteiger charge is -2.35. The first-order chi connectivity index (χ1) is 9.89. The van der Waals surface area contributed by atoms with Crippen molar-refractivity contribution in [2.24, 2.45) is 23.0 Å². The smallest absolute Gasteiger partial charge is 0.303 e. The molecule has 0 aliphatic carbocycles. The lowest BCUT2D eigenvalue weighted by molar-refractivity contribution is -0.139. The molecule has 1 amide bonds. The summed E-state index contributed by atoms with van der Waals surface area (Å²) in [6, 6.07) is 0. The Hall–Kier alpha value is -1.14. The molecule has 0 bridgehead atoms. The van der Waals surface area contributed by atoms with Crippen LogP contribution in [0, 0.1) is 17.3 Å². The second kappa shape index (κ2) is 8.34. The molecule has 1 aliphatic rings. The third-order valence-corrected chi connectivity index (χ3v) is 4.14. The highest BCUT2D eigenvalue weighted by Crippen LogP contribution is 2.29. The van der Waals surface area contributed by atoms with Crippen LogP contribution in [-0.4, -0.2) is 43.3 Å². The van der Waals surface area contributed by atoms with E-state index in [9.17, 15) is 9.59 Å². The topological polar surface area (TPSA) is 102 Å². The van der Waals surface area contributed by atoms with Gasteiger partial charge in [-0.25, -0.2) is 0 Å². The Morgan fingerprint density at radius 3 is 2.43 bits per heavy atom. The zero-order valence-corrected chi connectivity index (χ0v) is 13.1. The molecule has 0 aromatic carbocycles. The van der Waals surface area contributed by atoms with Gasteiger partial charge in [-0.3, -0.25) is 9.59 Å². The van der Waals surface area contributed by atoms with Gasteiger partial charge in [0.2, 0.25) is 5.91 Å². The molecule has 4 N–H and O–H groups in total. The average molecular weight is 300 g/mol. The summed E-state index contributed by atoms with van der Waals surface area (Å²) < 4.78 is 5.29. The molecule has 1 saturated heterocycles. The number of hydrogen-bond acceptors (Lipinski definition) is 4. The van der Waals surface area contributed by atoms with Crippen LogP contribution in [0.4, 0.5) is 0 Å². The lowest BCUT2D eigenvalue weighted by atomic mass is 9.79. The van der Waals surface area contributed by atoms with Crippen molar-refractivity contribution in [3.63, 3.8) is 0 Å². The standard InChI is InChI=1S/C15H28N2O4/c1-11(2)7-12(8-13(18)19)9-17-14(20)15(10-16)3-5-21-6-4-15/h11-12H,3-10,16H2,1-2H3,(H,17,20)(H,18,19)/t12-/m0/s1. The molecule has 0 aromatic heterocycles. The minimum absolute atomic E-state index is 0.0406. The van der Waals surface area contributed by atoms with Gasteiger partial charge in [0.05, 0.1) is 5.41 Å². The fourth-order valence-corrected chi connectivity index (χ4v) is 2.86. The molecule has 1 rings (SSSR count). The lowest BCUT2D eigenvalue weighted by Crippen LogP contribution is -2.50. The molecule has 122 valence electrons. The van der Waals surface area contributed by atoms with Gasteiger partial charge in [-0.15, -0.1) is 0 Å². The number of carbonyl (C=O) groups excluding carboxylic acids is 1. The van der Waals surface area contributed by atoms with Gasteiger partial charge in [-0.2, -0.15) is 0 Å². The van der Waals surface area contributed by atoms with E-state index in [0.29, 0.717) is 45.1 Å². The van der Waals surface area contributed by atoms with Crippen LogP contribution in [-0.2, 0) is 14.3 Å². The maximum absolute atomic E-state index is 12.4. The monoisotopic (exact) mass is 300 g/mol. The first-order valence-electron chi connectivity index (χ1n) is 7.67. The van der Waals surface area contributed by atoms with Crippen molar-refractivity contribution in [3.05, 3.63) is 0 Å². The van der Waals surface area contributed by atoms with E-state index in [1.807, 2.05) is 0 Å². The number of ether oxygens (including phenoxy) is 1. The van der Waals surface area contributed by atoms with E-state index >= 15 is 0 Å². The molecule has 0 radical (unpaired) electrons. The van der Waals surface area contributed by atoms with Crippen molar-refractivity contribution in [2.75, 3.05) is 26.3 Å². The van der Waals surface area contributed by atoms with E-state index in [0.717, 1.165) is 6.42 Å². The van der Waals surface area contributed by atoms with Gasteiger partial charge in [0.25, 0.3) is 0 Å². The molecule has 1 aliphatic heterocycles. The van der Waals surface area contributed by atoms with E-state index in [-0.39, 0.29) is 18.2 Å². The number of carbonyl (C=O) groups is 2. The van der Waals surface area contributed by atoms with Gasteiger partial charge in [0, 0.05) is 32.7 Å². The van der Waals surface area contributed by atoms with Gasteiger partial charge < -0.3 is 20.9 Å². The summed E-state index contributed by atoms with van der Waals surface area (Å²) in [6.07, 6.45) is 2.12. The second-order valence-electron chi connectivity index (χ2n) is 6.40. The Morgan fingerprint density at radius 2 is 1.95 bits per heavy atom. The Balaban J connectivity index is 2.56. The van der Waals surface area contributed by atoms with Crippen LogP contribution in [0.3, 0.4) is 0 Å². The third kappa shape index (κ3) is 5.63. The minimum Gasteiger partial charge on any atom is -0.481 e. The average Bonchev–Trinajstić information content (AvgIpc) is 2.44. The van der Waals surface area contributed by atoms with Crippen molar-refractivity contribution in [1.82, 2.24) is 5.32 Å². The van der Waals surface area contributed by atoms with Gasteiger partial charge in [0.15, 0.2) is 0 Å². The highest BCUT2D eigenvalue weighted by Gasteiger charge is 2.38. The van der Waals surface area contributed by atoms with Crippen LogP contribution in [0.25, 0.3) is 0 Å². The highest BCUT2D eigenvalue weighted by molar-refractivity contribution is 5.83. The number of rotatable bonds is 8. The molecule has 0 spiro atoms. The summed E-state index contributed by atoms with van der Waals surface area (Å²) in [5.41, 5.74) is 5.24. The van der Waals surface area contributed by atoms with Gasteiger partial charge >= 0.3 is 5.97 Å². The SMILES string of the molecule is CC(C)C[C@H](CNC(=O)C1(CN)CCOCC1)CC(=O)O. The number of carboxylic acid groups (broad SMARTS) is 1. The molecule has 0 unspecified atom stereocenters.